The fraction of sp³-hybridized carbons (Fsp3) is 0.529. The van der Waals surface area contributed by atoms with Gasteiger partial charge in [0.05, 0.1) is 0 Å². The third-order valence-corrected chi connectivity index (χ3v) is 3.40. The topological polar surface area (TPSA) is 29.5 Å². The Labute approximate surface area is 122 Å². The number of hydrogen-bond donors (Lipinski definition) is 0. The molecule has 3 heteroatoms. The van der Waals surface area contributed by atoms with Crippen molar-refractivity contribution in [2.45, 2.75) is 51.9 Å². The van der Waals surface area contributed by atoms with E-state index in [0.717, 1.165) is 18.5 Å². The van der Waals surface area contributed by atoms with E-state index in [0.29, 0.717) is 6.54 Å². The van der Waals surface area contributed by atoms with Crippen molar-refractivity contribution in [1.82, 2.24) is 0 Å². The molecule has 0 heterocycles. The highest BCUT2D eigenvalue weighted by Gasteiger charge is 2.14. The number of para-hydroxylation sites is 1. The maximum atomic E-state index is 11.8. The molecule has 3 nitrogen and oxygen atoms in total. The Morgan fingerprint density at radius 3 is 2.25 bits per heavy atom. The predicted molar refractivity (Wildman–Crippen MR) is 83.6 cm³/mol. The summed E-state index contributed by atoms with van der Waals surface area (Å²) in [7, 11) is 3.22. The summed E-state index contributed by atoms with van der Waals surface area (Å²) in [5.74, 6) is 0. The van der Waals surface area contributed by atoms with E-state index in [1.54, 1.807) is 4.90 Å². The molecule has 1 aromatic carbocycles. The Morgan fingerprint density at radius 1 is 1.05 bits per heavy atom. The summed E-state index contributed by atoms with van der Waals surface area (Å²) in [6, 6.07) is 9.61. The predicted octanol–water partition coefficient (Wildman–Crippen LogP) is 5.17. The molecule has 0 spiro atoms. The SMILES string of the molecule is [CH2]OC(=O)N(CCCCCCCCC)c1ccccc1. The van der Waals surface area contributed by atoms with Crippen LogP contribution >= 0.6 is 0 Å². The monoisotopic (exact) mass is 276 g/mol. The number of unbranched alkanes of at least 4 members (excludes halogenated alkanes) is 6. The normalized spacial score (nSPS) is 10.3. The van der Waals surface area contributed by atoms with Gasteiger partial charge in [0.2, 0.25) is 0 Å². The zero-order valence-electron chi connectivity index (χ0n) is 12.5. The highest BCUT2D eigenvalue weighted by Crippen LogP contribution is 2.16. The molecule has 0 fully saturated rings. The number of carbonyl (C=O) groups is 1. The van der Waals surface area contributed by atoms with Gasteiger partial charge in [-0.05, 0) is 18.6 Å². The van der Waals surface area contributed by atoms with Gasteiger partial charge in [0.15, 0.2) is 0 Å². The van der Waals surface area contributed by atoms with E-state index in [-0.39, 0.29) is 6.09 Å². The molecular formula is C17H26NO2. The van der Waals surface area contributed by atoms with Crippen LogP contribution in [0.25, 0.3) is 0 Å². The van der Waals surface area contributed by atoms with Crippen molar-refractivity contribution in [3.8, 4) is 0 Å². The minimum atomic E-state index is -0.387. The zero-order valence-corrected chi connectivity index (χ0v) is 12.5. The average Bonchev–Trinajstić information content (AvgIpc) is 2.50. The van der Waals surface area contributed by atoms with Gasteiger partial charge in [-0.2, -0.15) is 0 Å². The third-order valence-electron chi connectivity index (χ3n) is 3.40. The van der Waals surface area contributed by atoms with Gasteiger partial charge in [-0.25, -0.2) is 4.79 Å². The van der Waals surface area contributed by atoms with Gasteiger partial charge in [-0.1, -0.05) is 63.6 Å². The van der Waals surface area contributed by atoms with Crippen molar-refractivity contribution in [3.63, 3.8) is 0 Å². The van der Waals surface area contributed by atoms with E-state index in [1.807, 2.05) is 30.3 Å². The second-order valence-electron chi connectivity index (χ2n) is 5.02. The van der Waals surface area contributed by atoms with Crippen LogP contribution in [0.5, 0.6) is 0 Å². The second-order valence-corrected chi connectivity index (χ2v) is 5.02. The number of amides is 1. The van der Waals surface area contributed by atoms with Crippen molar-refractivity contribution in [3.05, 3.63) is 37.4 Å². The third kappa shape index (κ3) is 6.09. The molecule has 0 saturated heterocycles. The highest BCUT2D eigenvalue weighted by molar-refractivity contribution is 5.87. The van der Waals surface area contributed by atoms with Crippen LogP contribution in [0.3, 0.4) is 0 Å². The van der Waals surface area contributed by atoms with Crippen LogP contribution in [0, 0.1) is 7.11 Å². The van der Waals surface area contributed by atoms with E-state index < -0.39 is 0 Å². The van der Waals surface area contributed by atoms with Crippen molar-refractivity contribution < 1.29 is 9.53 Å². The lowest BCUT2D eigenvalue weighted by Crippen LogP contribution is -2.31. The summed E-state index contributed by atoms with van der Waals surface area (Å²) >= 11 is 0. The molecule has 1 radical (unpaired) electrons. The summed E-state index contributed by atoms with van der Waals surface area (Å²) in [6.07, 6.45) is 8.21. The van der Waals surface area contributed by atoms with E-state index in [2.05, 4.69) is 18.8 Å². The number of benzene rings is 1. The lowest BCUT2D eigenvalue weighted by atomic mass is 10.1. The van der Waals surface area contributed by atoms with Gasteiger partial charge in [-0.15, -0.1) is 0 Å². The molecule has 1 rings (SSSR count). The molecule has 20 heavy (non-hydrogen) atoms. The first-order valence-corrected chi connectivity index (χ1v) is 7.58. The lowest BCUT2D eigenvalue weighted by Gasteiger charge is -2.21. The van der Waals surface area contributed by atoms with Gasteiger partial charge >= 0.3 is 6.09 Å². The van der Waals surface area contributed by atoms with Gasteiger partial charge in [0.1, 0.15) is 7.11 Å². The number of ether oxygens (including phenoxy) is 1. The molecular weight excluding hydrogens is 250 g/mol. The summed E-state index contributed by atoms with van der Waals surface area (Å²) in [5, 5.41) is 0. The van der Waals surface area contributed by atoms with E-state index in [1.165, 1.54) is 32.1 Å². The Bertz CT molecular complexity index is 365. The molecule has 0 aliphatic rings. The molecule has 0 bridgehead atoms. The van der Waals surface area contributed by atoms with Crippen LogP contribution < -0.4 is 4.90 Å². The van der Waals surface area contributed by atoms with Crippen LogP contribution in [0.1, 0.15) is 51.9 Å². The molecule has 0 saturated carbocycles. The molecule has 111 valence electrons. The maximum absolute atomic E-state index is 11.8. The van der Waals surface area contributed by atoms with E-state index in [9.17, 15) is 4.79 Å². The number of rotatable bonds is 9. The van der Waals surface area contributed by atoms with Gasteiger partial charge in [0, 0.05) is 12.2 Å². The van der Waals surface area contributed by atoms with Crippen LogP contribution in [0.2, 0.25) is 0 Å². The summed E-state index contributed by atoms with van der Waals surface area (Å²) in [6.45, 7) is 2.91. The van der Waals surface area contributed by atoms with E-state index >= 15 is 0 Å². The molecule has 0 aliphatic carbocycles. The van der Waals surface area contributed by atoms with Crippen molar-refractivity contribution in [2.24, 2.45) is 0 Å². The molecule has 1 amide bonds. The molecule has 0 unspecified atom stereocenters. The van der Waals surface area contributed by atoms with Gasteiger partial charge in [0.25, 0.3) is 0 Å². The largest absolute Gasteiger partial charge is 0.446 e. The van der Waals surface area contributed by atoms with Crippen molar-refractivity contribution >= 4 is 11.8 Å². The standard InChI is InChI=1S/C17H26NO2/c1-3-4-5-6-7-8-12-15-18(17(19)20-2)16-13-10-9-11-14-16/h9-11,13-14H,2-8,12,15H2,1H3. The minimum Gasteiger partial charge on any atom is -0.446 e. The summed E-state index contributed by atoms with van der Waals surface area (Å²) in [5.41, 5.74) is 0.868. The Morgan fingerprint density at radius 2 is 1.65 bits per heavy atom. The number of carbonyl (C=O) groups excluding carboxylic acids is 1. The first kappa shape index (κ1) is 16.5. The fourth-order valence-electron chi connectivity index (χ4n) is 2.24. The van der Waals surface area contributed by atoms with Crippen LogP contribution in [0.15, 0.2) is 30.3 Å². The number of hydrogen-bond acceptors (Lipinski definition) is 2. The molecule has 1 aromatic rings. The van der Waals surface area contributed by atoms with E-state index in [4.69, 9.17) is 0 Å². The maximum Gasteiger partial charge on any atom is 0.414 e. The fourth-order valence-corrected chi connectivity index (χ4v) is 2.24. The summed E-state index contributed by atoms with van der Waals surface area (Å²) < 4.78 is 4.61. The van der Waals surface area contributed by atoms with Gasteiger partial charge < -0.3 is 4.74 Å². The molecule has 0 aliphatic heterocycles. The van der Waals surface area contributed by atoms with Crippen LogP contribution in [-0.2, 0) is 4.74 Å². The number of nitrogens with zero attached hydrogens (tertiary/aromatic N) is 1. The Hall–Kier alpha value is -1.51. The number of anilines is 1. The zero-order chi connectivity index (χ0) is 14.6. The molecule has 0 N–H and O–H groups in total. The van der Waals surface area contributed by atoms with Crippen molar-refractivity contribution in [1.29, 1.82) is 0 Å². The Balaban J connectivity index is 2.34. The van der Waals surface area contributed by atoms with Gasteiger partial charge in [-0.3, -0.25) is 4.90 Å². The molecule has 0 atom stereocenters. The van der Waals surface area contributed by atoms with Crippen molar-refractivity contribution in [2.75, 3.05) is 11.4 Å². The second kappa shape index (κ2) is 10.3. The molecule has 0 aromatic heterocycles. The quantitative estimate of drug-likeness (QED) is 0.582. The highest BCUT2D eigenvalue weighted by atomic mass is 16.5. The smallest absolute Gasteiger partial charge is 0.414 e. The lowest BCUT2D eigenvalue weighted by molar-refractivity contribution is 0.191. The van der Waals surface area contributed by atoms with Crippen LogP contribution in [-0.4, -0.2) is 12.6 Å². The summed E-state index contributed by atoms with van der Waals surface area (Å²) in [4.78, 5) is 13.4. The first-order chi connectivity index (χ1) is 9.79. The average molecular weight is 276 g/mol. The minimum absolute atomic E-state index is 0.387. The first-order valence-electron chi connectivity index (χ1n) is 7.58. The Kier molecular flexibility index (Phi) is 8.52. The van der Waals surface area contributed by atoms with Crippen LogP contribution in [0.4, 0.5) is 10.5 Å².